The van der Waals surface area contributed by atoms with Crippen molar-refractivity contribution in [3.05, 3.63) is 158 Å². The topological polar surface area (TPSA) is 78.9 Å². The van der Waals surface area contributed by atoms with Gasteiger partial charge in [-0.25, -0.2) is 0 Å². The standard InChI is InChI=1S/C54H78O6/c1-4-7-10-13-16-19-22-24-25-26-27-28-29-31-32-35-38-41-44-47-53(56)59-50-51(49-58-52(55)46-43-40-37-34-21-18-15-12-9-6-3)60-54(57)48-45-42-39-36-33-30-23-20-17-14-11-8-5-2/h7-8,10-11,13-20,22-33,36,39,51H,4-6,9,12,21,34-35,37-38,40-50H2,1-3H3/b10-7-,11-8-,16-13-,17-14-,18-15-,22-19-,23-20-,25-24-,27-26+,29-28-,32-31-,33-30-,39-36-. The molecule has 6 heteroatoms. The van der Waals surface area contributed by atoms with Crippen molar-refractivity contribution in [2.24, 2.45) is 0 Å². The lowest BCUT2D eigenvalue weighted by atomic mass is 10.1. The molecule has 0 N–H and O–H groups in total. The van der Waals surface area contributed by atoms with Crippen LogP contribution in [0.5, 0.6) is 0 Å². The van der Waals surface area contributed by atoms with Crippen LogP contribution in [0.4, 0.5) is 0 Å². The van der Waals surface area contributed by atoms with Crippen molar-refractivity contribution in [2.75, 3.05) is 13.2 Å². The SMILES string of the molecule is CC\C=C/C=C\C=C/C=C\C=C/CCCC(=O)OC(COC(=O)CCCCC\C=C/C=C\C=C\C=C/C=C\C=C/C=C\CC)COC(=O)CCCCCC/C=C\CCCC. The maximum absolute atomic E-state index is 12.7. The number of esters is 3. The molecule has 0 aromatic heterocycles. The van der Waals surface area contributed by atoms with Crippen LogP contribution in [0.2, 0.25) is 0 Å². The van der Waals surface area contributed by atoms with Gasteiger partial charge < -0.3 is 14.2 Å². The van der Waals surface area contributed by atoms with Gasteiger partial charge in [0.2, 0.25) is 0 Å². The highest BCUT2D eigenvalue weighted by Crippen LogP contribution is 2.10. The van der Waals surface area contributed by atoms with Crippen molar-refractivity contribution >= 4 is 17.9 Å². The Balaban J connectivity index is 4.63. The van der Waals surface area contributed by atoms with Crippen LogP contribution in [0, 0.1) is 0 Å². The monoisotopic (exact) mass is 823 g/mol. The van der Waals surface area contributed by atoms with Crippen LogP contribution >= 0.6 is 0 Å². The fourth-order valence-corrected chi connectivity index (χ4v) is 5.20. The number of hydrogen-bond donors (Lipinski definition) is 0. The number of ether oxygens (including phenoxy) is 3. The highest BCUT2D eigenvalue weighted by molar-refractivity contribution is 5.71. The molecule has 0 bridgehead atoms. The van der Waals surface area contributed by atoms with E-state index in [1.54, 1.807) is 0 Å². The summed E-state index contributed by atoms with van der Waals surface area (Å²) in [6, 6.07) is 0. The molecule has 0 spiro atoms. The first-order chi connectivity index (χ1) is 29.5. The molecule has 0 aliphatic heterocycles. The molecular weight excluding hydrogens is 745 g/mol. The fourth-order valence-electron chi connectivity index (χ4n) is 5.20. The van der Waals surface area contributed by atoms with Crippen molar-refractivity contribution in [1.82, 2.24) is 0 Å². The molecule has 0 amide bonds. The summed E-state index contributed by atoms with van der Waals surface area (Å²) in [7, 11) is 0. The summed E-state index contributed by atoms with van der Waals surface area (Å²) in [6.45, 7) is 6.14. The fraction of sp³-hybridized carbons (Fsp3) is 0.463. The predicted octanol–water partition coefficient (Wildman–Crippen LogP) is 14.7. The van der Waals surface area contributed by atoms with Crippen molar-refractivity contribution in [1.29, 1.82) is 0 Å². The van der Waals surface area contributed by atoms with Crippen LogP contribution in [0.1, 0.15) is 143 Å². The van der Waals surface area contributed by atoms with Gasteiger partial charge in [0.15, 0.2) is 6.10 Å². The molecule has 0 aromatic rings. The van der Waals surface area contributed by atoms with E-state index in [9.17, 15) is 14.4 Å². The summed E-state index contributed by atoms with van der Waals surface area (Å²) in [4.78, 5) is 37.7. The number of rotatable bonds is 37. The molecule has 1 atom stereocenters. The zero-order chi connectivity index (χ0) is 43.7. The van der Waals surface area contributed by atoms with E-state index in [-0.39, 0.29) is 38.0 Å². The number of carbonyl (C=O) groups is 3. The minimum Gasteiger partial charge on any atom is -0.462 e. The van der Waals surface area contributed by atoms with Gasteiger partial charge >= 0.3 is 17.9 Å². The van der Waals surface area contributed by atoms with Gasteiger partial charge in [-0.15, -0.1) is 0 Å². The molecule has 0 heterocycles. The lowest BCUT2D eigenvalue weighted by Gasteiger charge is -2.18. The zero-order valence-electron chi connectivity index (χ0n) is 37.4. The van der Waals surface area contributed by atoms with Crippen molar-refractivity contribution in [2.45, 2.75) is 149 Å². The first-order valence-electron chi connectivity index (χ1n) is 22.7. The van der Waals surface area contributed by atoms with Crippen molar-refractivity contribution < 1.29 is 28.6 Å². The van der Waals surface area contributed by atoms with Gasteiger partial charge in [-0.1, -0.05) is 211 Å². The van der Waals surface area contributed by atoms with Crippen LogP contribution in [0.25, 0.3) is 0 Å². The average Bonchev–Trinajstić information content (AvgIpc) is 3.24. The van der Waals surface area contributed by atoms with E-state index in [0.717, 1.165) is 70.6 Å². The Morgan fingerprint density at radius 3 is 1.12 bits per heavy atom. The normalized spacial score (nSPS) is 13.6. The molecule has 60 heavy (non-hydrogen) atoms. The largest absolute Gasteiger partial charge is 0.462 e. The lowest BCUT2D eigenvalue weighted by Crippen LogP contribution is -2.30. The van der Waals surface area contributed by atoms with Gasteiger partial charge in [0, 0.05) is 19.3 Å². The predicted molar refractivity (Wildman–Crippen MR) is 255 cm³/mol. The Morgan fingerprint density at radius 2 is 0.683 bits per heavy atom. The molecule has 330 valence electrons. The Bertz CT molecular complexity index is 1460. The second-order valence-electron chi connectivity index (χ2n) is 14.1. The molecule has 0 radical (unpaired) electrons. The minimum atomic E-state index is -0.844. The van der Waals surface area contributed by atoms with Crippen molar-refractivity contribution in [3.63, 3.8) is 0 Å². The molecule has 0 saturated heterocycles. The lowest BCUT2D eigenvalue weighted by molar-refractivity contribution is -0.167. The smallest absolute Gasteiger partial charge is 0.306 e. The Morgan fingerprint density at radius 1 is 0.350 bits per heavy atom. The van der Waals surface area contributed by atoms with Gasteiger partial charge in [0.25, 0.3) is 0 Å². The summed E-state index contributed by atoms with van der Waals surface area (Å²) >= 11 is 0. The Kier molecular flexibility index (Phi) is 42.8. The molecule has 6 nitrogen and oxygen atoms in total. The summed E-state index contributed by atoms with van der Waals surface area (Å²) in [6.07, 6.45) is 68.0. The van der Waals surface area contributed by atoms with E-state index >= 15 is 0 Å². The highest BCUT2D eigenvalue weighted by Gasteiger charge is 2.19. The molecule has 0 fully saturated rings. The average molecular weight is 823 g/mol. The highest BCUT2D eigenvalue weighted by atomic mass is 16.6. The third-order valence-electron chi connectivity index (χ3n) is 8.57. The third kappa shape index (κ3) is 44.1. The Labute approximate surface area is 365 Å². The molecular formula is C54H78O6. The molecule has 0 aromatic carbocycles. The summed E-state index contributed by atoms with van der Waals surface area (Å²) in [5.74, 6) is -1.09. The van der Waals surface area contributed by atoms with Gasteiger partial charge in [-0.2, -0.15) is 0 Å². The van der Waals surface area contributed by atoms with Crippen molar-refractivity contribution in [3.8, 4) is 0 Å². The number of carbonyl (C=O) groups excluding carboxylic acids is 3. The van der Waals surface area contributed by atoms with E-state index in [2.05, 4.69) is 51.2 Å². The molecule has 0 aliphatic rings. The summed E-state index contributed by atoms with van der Waals surface area (Å²) in [5, 5.41) is 0. The quantitative estimate of drug-likeness (QED) is 0.0204. The summed E-state index contributed by atoms with van der Waals surface area (Å²) in [5.41, 5.74) is 0. The van der Waals surface area contributed by atoms with E-state index in [4.69, 9.17) is 14.2 Å². The first-order valence-corrected chi connectivity index (χ1v) is 22.7. The second kappa shape index (κ2) is 46.7. The number of allylic oxidation sites excluding steroid dienone is 26. The summed E-state index contributed by atoms with van der Waals surface area (Å²) < 4.78 is 16.6. The zero-order valence-corrected chi connectivity index (χ0v) is 37.4. The maximum Gasteiger partial charge on any atom is 0.306 e. The molecule has 0 rings (SSSR count). The van der Waals surface area contributed by atoms with Crippen LogP contribution < -0.4 is 0 Å². The maximum atomic E-state index is 12.7. The van der Waals surface area contributed by atoms with E-state index in [1.807, 2.05) is 128 Å². The molecule has 1 unspecified atom stereocenters. The third-order valence-corrected chi connectivity index (χ3v) is 8.57. The minimum absolute atomic E-state index is 0.136. The Hall–Kier alpha value is -4.97. The van der Waals surface area contributed by atoms with Crippen LogP contribution in [0.3, 0.4) is 0 Å². The van der Waals surface area contributed by atoms with Crippen LogP contribution in [-0.2, 0) is 28.6 Å². The van der Waals surface area contributed by atoms with Gasteiger partial charge in [0.1, 0.15) is 13.2 Å². The van der Waals surface area contributed by atoms with Gasteiger partial charge in [0.05, 0.1) is 0 Å². The first kappa shape index (κ1) is 55.0. The van der Waals surface area contributed by atoms with E-state index in [0.29, 0.717) is 25.7 Å². The number of hydrogen-bond acceptors (Lipinski definition) is 6. The van der Waals surface area contributed by atoms with Gasteiger partial charge in [-0.05, 0) is 70.6 Å². The molecule has 0 saturated carbocycles. The molecule has 0 aliphatic carbocycles. The van der Waals surface area contributed by atoms with Gasteiger partial charge in [-0.3, -0.25) is 14.4 Å². The van der Waals surface area contributed by atoms with Crippen LogP contribution in [0.15, 0.2) is 158 Å². The second-order valence-corrected chi connectivity index (χ2v) is 14.1. The van der Waals surface area contributed by atoms with E-state index in [1.165, 1.54) is 12.8 Å². The van der Waals surface area contributed by atoms with Crippen LogP contribution in [-0.4, -0.2) is 37.2 Å². The van der Waals surface area contributed by atoms with E-state index < -0.39 is 12.1 Å². The number of unbranched alkanes of at least 4 members (excludes halogenated alkanes) is 10.